The van der Waals surface area contributed by atoms with Gasteiger partial charge in [-0.1, -0.05) is 6.92 Å². The van der Waals surface area contributed by atoms with Crippen molar-refractivity contribution in [1.29, 1.82) is 0 Å². The smallest absolute Gasteiger partial charge is 0.303 e. The van der Waals surface area contributed by atoms with E-state index in [0.717, 1.165) is 12.8 Å². The molecule has 0 N–H and O–H groups in total. The van der Waals surface area contributed by atoms with Gasteiger partial charge in [-0.2, -0.15) is 13.2 Å². The van der Waals surface area contributed by atoms with E-state index in [4.69, 9.17) is 0 Å². The van der Waals surface area contributed by atoms with E-state index in [-0.39, 0.29) is 18.8 Å². The maximum atomic E-state index is 12.6. The number of Topliss-reactive ketones (excluding diaryl/α,β-unsaturated/α-hetero) is 1. The third-order valence-corrected chi connectivity index (χ3v) is 4.55. The Kier molecular flexibility index (Phi) is 4.54. The molecule has 0 aromatic heterocycles. The molecule has 2 rings (SSSR count). The summed E-state index contributed by atoms with van der Waals surface area (Å²) in [6, 6.07) is 0. The lowest BCUT2D eigenvalue weighted by Crippen LogP contribution is -2.43. The van der Waals surface area contributed by atoms with Crippen molar-refractivity contribution >= 4 is 5.78 Å². The molecule has 0 aromatic rings. The van der Waals surface area contributed by atoms with Crippen LogP contribution in [0, 0.1) is 17.8 Å². The van der Waals surface area contributed by atoms with Crippen LogP contribution in [-0.4, -0.2) is 36.5 Å². The monoisotopic (exact) mass is 277 g/mol. The second kappa shape index (κ2) is 5.81. The van der Waals surface area contributed by atoms with Crippen molar-refractivity contribution in [1.82, 2.24) is 4.90 Å². The summed E-state index contributed by atoms with van der Waals surface area (Å²) in [7, 11) is 0. The molecule has 1 saturated heterocycles. The van der Waals surface area contributed by atoms with Gasteiger partial charge in [0, 0.05) is 18.9 Å². The second-order valence-corrected chi connectivity index (χ2v) is 6.16. The normalized spacial score (nSPS) is 31.7. The highest BCUT2D eigenvalue weighted by Gasteiger charge is 2.41. The largest absolute Gasteiger partial charge is 0.391 e. The van der Waals surface area contributed by atoms with Crippen molar-refractivity contribution < 1.29 is 18.0 Å². The third kappa shape index (κ3) is 3.94. The SMILES string of the molecule is CC1CCC(=O)C(CN2CCC(C(F)(F)F)CC2)C1. The number of halogens is 3. The van der Waals surface area contributed by atoms with Gasteiger partial charge in [0.15, 0.2) is 0 Å². The molecule has 1 saturated carbocycles. The molecule has 0 amide bonds. The average molecular weight is 277 g/mol. The van der Waals surface area contributed by atoms with Gasteiger partial charge in [0.2, 0.25) is 0 Å². The average Bonchev–Trinajstić information content (AvgIpc) is 2.33. The number of rotatable bonds is 2. The molecule has 5 heteroatoms. The number of carbonyl (C=O) groups excluding carboxylic acids is 1. The lowest BCUT2D eigenvalue weighted by molar-refractivity contribution is -0.185. The quantitative estimate of drug-likeness (QED) is 0.772. The molecule has 0 bridgehead atoms. The van der Waals surface area contributed by atoms with Gasteiger partial charge in [-0.15, -0.1) is 0 Å². The van der Waals surface area contributed by atoms with Crippen LogP contribution in [0.15, 0.2) is 0 Å². The molecule has 1 aliphatic carbocycles. The van der Waals surface area contributed by atoms with E-state index in [1.807, 2.05) is 4.90 Å². The van der Waals surface area contributed by atoms with Gasteiger partial charge in [0.25, 0.3) is 0 Å². The molecule has 1 aliphatic heterocycles. The Labute approximate surface area is 112 Å². The number of ketones is 1. The topological polar surface area (TPSA) is 20.3 Å². The highest BCUT2D eigenvalue weighted by molar-refractivity contribution is 5.81. The zero-order valence-corrected chi connectivity index (χ0v) is 11.4. The van der Waals surface area contributed by atoms with Crippen molar-refractivity contribution in [2.24, 2.45) is 17.8 Å². The molecule has 2 aliphatic rings. The fourth-order valence-electron chi connectivity index (χ4n) is 3.26. The van der Waals surface area contributed by atoms with Crippen molar-refractivity contribution in [2.75, 3.05) is 19.6 Å². The van der Waals surface area contributed by atoms with E-state index in [1.165, 1.54) is 0 Å². The minimum Gasteiger partial charge on any atom is -0.303 e. The Hall–Kier alpha value is -0.580. The maximum absolute atomic E-state index is 12.6. The van der Waals surface area contributed by atoms with E-state index >= 15 is 0 Å². The van der Waals surface area contributed by atoms with Crippen LogP contribution in [-0.2, 0) is 4.79 Å². The first-order valence-corrected chi connectivity index (χ1v) is 7.18. The van der Waals surface area contributed by atoms with Crippen molar-refractivity contribution in [2.45, 2.75) is 45.2 Å². The number of hydrogen-bond acceptors (Lipinski definition) is 2. The van der Waals surface area contributed by atoms with Gasteiger partial charge >= 0.3 is 6.18 Å². The predicted molar refractivity (Wildman–Crippen MR) is 66.7 cm³/mol. The minimum atomic E-state index is -4.05. The summed E-state index contributed by atoms with van der Waals surface area (Å²) in [6.07, 6.45) is -1.18. The zero-order valence-electron chi connectivity index (χ0n) is 11.4. The standard InChI is InChI=1S/C14H22F3NO/c1-10-2-3-13(19)11(8-10)9-18-6-4-12(5-7-18)14(15,16)17/h10-12H,2-9H2,1H3. The lowest BCUT2D eigenvalue weighted by atomic mass is 9.81. The van der Waals surface area contributed by atoms with Gasteiger partial charge in [-0.25, -0.2) is 0 Å². The Morgan fingerprint density at radius 1 is 1.21 bits per heavy atom. The molecule has 1 heterocycles. The van der Waals surface area contributed by atoms with Crippen LogP contribution in [0.3, 0.4) is 0 Å². The summed E-state index contributed by atoms with van der Waals surface area (Å²) >= 11 is 0. The van der Waals surface area contributed by atoms with Crippen LogP contribution in [0.5, 0.6) is 0 Å². The van der Waals surface area contributed by atoms with E-state index in [2.05, 4.69) is 6.92 Å². The van der Waals surface area contributed by atoms with Crippen LogP contribution in [0.25, 0.3) is 0 Å². The van der Waals surface area contributed by atoms with Gasteiger partial charge < -0.3 is 4.90 Å². The van der Waals surface area contributed by atoms with Crippen LogP contribution in [0.1, 0.15) is 39.0 Å². The summed E-state index contributed by atoms with van der Waals surface area (Å²) in [4.78, 5) is 13.9. The number of nitrogens with zero attached hydrogens (tertiary/aromatic N) is 1. The van der Waals surface area contributed by atoms with E-state index < -0.39 is 12.1 Å². The molecule has 19 heavy (non-hydrogen) atoms. The summed E-state index contributed by atoms with van der Waals surface area (Å²) in [5.41, 5.74) is 0. The molecule has 2 fully saturated rings. The van der Waals surface area contributed by atoms with E-state index in [1.54, 1.807) is 0 Å². The summed E-state index contributed by atoms with van der Waals surface area (Å²) in [5, 5.41) is 0. The van der Waals surface area contributed by atoms with Crippen LogP contribution < -0.4 is 0 Å². The Morgan fingerprint density at radius 3 is 2.42 bits per heavy atom. The zero-order chi connectivity index (χ0) is 14.0. The lowest BCUT2D eigenvalue weighted by Gasteiger charge is -2.36. The van der Waals surface area contributed by atoms with E-state index in [0.29, 0.717) is 37.8 Å². The summed E-state index contributed by atoms with van der Waals surface area (Å²) in [5.74, 6) is -0.234. The summed E-state index contributed by atoms with van der Waals surface area (Å²) < 4.78 is 37.7. The van der Waals surface area contributed by atoms with Crippen molar-refractivity contribution in [3.05, 3.63) is 0 Å². The maximum Gasteiger partial charge on any atom is 0.391 e. The third-order valence-electron chi connectivity index (χ3n) is 4.55. The van der Waals surface area contributed by atoms with Gasteiger partial charge in [0.05, 0.1) is 5.92 Å². The van der Waals surface area contributed by atoms with Crippen LogP contribution in [0.4, 0.5) is 13.2 Å². The van der Waals surface area contributed by atoms with Crippen LogP contribution in [0.2, 0.25) is 0 Å². The minimum absolute atomic E-state index is 0.0474. The predicted octanol–water partition coefficient (Wildman–Crippen LogP) is 3.27. The number of piperidine rings is 1. The van der Waals surface area contributed by atoms with Crippen molar-refractivity contribution in [3.63, 3.8) is 0 Å². The first-order valence-electron chi connectivity index (χ1n) is 7.18. The molecule has 2 atom stereocenters. The molecule has 0 spiro atoms. The number of likely N-dealkylation sites (tertiary alicyclic amines) is 1. The molecular formula is C14H22F3NO. The number of hydrogen-bond donors (Lipinski definition) is 0. The fraction of sp³-hybridized carbons (Fsp3) is 0.929. The second-order valence-electron chi connectivity index (χ2n) is 6.16. The Morgan fingerprint density at radius 2 is 1.84 bits per heavy atom. The molecule has 110 valence electrons. The molecular weight excluding hydrogens is 255 g/mol. The first-order chi connectivity index (χ1) is 8.86. The Bertz CT molecular complexity index is 321. The molecule has 0 radical (unpaired) electrons. The highest BCUT2D eigenvalue weighted by Crippen LogP contribution is 2.35. The van der Waals surface area contributed by atoms with Crippen LogP contribution >= 0.6 is 0 Å². The van der Waals surface area contributed by atoms with Gasteiger partial charge in [-0.05, 0) is 44.7 Å². The fourth-order valence-corrected chi connectivity index (χ4v) is 3.26. The van der Waals surface area contributed by atoms with Crippen molar-refractivity contribution in [3.8, 4) is 0 Å². The van der Waals surface area contributed by atoms with Gasteiger partial charge in [-0.3, -0.25) is 4.79 Å². The summed E-state index contributed by atoms with van der Waals surface area (Å²) in [6.45, 7) is 3.76. The Balaban J connectivity index is 1.80. The molecule has 2 unspecified atom stereocenters. The number of carbonyl (C=O) groups is 1. The number of alkyl halides is 3. The first kappa shape index (κ1) is 14.8. The molecule has 2 nitrogen and oxygen atoms in total. The molecule has 0 aromatic carbocycles. The van der Waals surface area contributed by atoms with E-state index in [9.17, 15) is 18.0 Å². The van der Waals surface area contributed by atoms with Gasteiger partial charge in [0.1, 0.15) is 5.78 Å². The highest BCUT2D eigenvalue weighted by atomic mass is 19.4.